The van der Waals surface area contributed by atoms with E-state index >= 15 is 0 Å². The molecule has 1 fully saturated rings. The Morgan fingerprint density at radius 3 is 2.18 bits per heavy atom. The second-order valence-electron chi connectivity index (χ2n) is 2.65. The van der Waals surface area contributed by atoms with Gasteiger partial charge in [-0.3, -0.25) is 9.59 Å². The molecule has 63 valence electrons. The maximum absolute atomic E-state index is 10.6. The zero-order valence-electron chi connectivity index (χ0n) is 6.05. The largest absolute Gasteiger partial charge is 0.481 e. The van der Waals surface area contributed by atoms with Crippen molar-refractivity contribution >= 4 is 11.8 Å². The standard InChI is InChI=1S/C7H10O3.Re/c8-6-3-1-5(2-4-6)7(9)10;/h5H,1-4H2,(H,9,10);. The van der Waals surface area contributed by atoms with Crippen LogP contribution in [-0.4, -0.2) is 16.9 Å². The number of ketones is 1. The van der Waals surface area contributed by atoms with Gasteiger partial charge in [-0.1, -0.05) is 0 Å². The zero-order valence-corrected chi connectivity index (χ0v) is 8.76. The molecule has 0 aromatic heterocycles. The van der Waals surface area contributed by atoms with Gasteiger partial charge in [-0.25, -0.2) is 0 Å². The second kappa shape index (κ2) is 4.63. The van der Waals surface area contributed by atoms with Gasteiger partial charge in [-0.15, -0.1) is 0 Å². The summed E-state index contributed by atoms with van der Waals surface area (Å²) < 4.78 is 0. The Balaban J connectivity index is 0.000001000. The number of carbonyl (C=O) groups excluding carboxylic acids is 1. The summed E-state index contributed by atoms with van der Waals surface area (Å²) in [4.78, 5) is 21.0. The van der Waals surface area contributed by atoms with Crippen LogP contribution in [0.25, 0.3) is 0 Å². The summed E-state index contributed by atoms with van der Waals surface area (Å²) in [6.45, 7) is 0. The number of carboxylic acids is 1. The monoisotopic (exact) mass is 329 g/mol. The summed E-state index contributed by atoms with van der Waals surface area (Å²) in [5.41, 5.74) is 0. The molecule has 1 aliphatic carbocycles. The maximum atomic E-state index is 10.6. The first kappa shape index (κ1) is 10.8. The Bertz CT molecular complexity index is 157. The Morgan fingerprint density at radius 1 is 1.36 bits per heavy atom. The van der Waals surface area contributed by atoms with Crippen molar-refractivity contribution < 1.29 is 35.1 Å². The molecule has 0 atom stereocenters. The van der Waals surface area contributed by atoms with Crippen molar-refractivity contribution in [2.24, 2.45) is 5.92 Å². The van der Waals surface area contributed by atoms with Gasteiger partial charge >= 0.3 is 5.97 Å². The van der Waals surface area contributed by atoms with E-state index in [1.165, 1.54) is 0 Å². The quantitative estimate of drug-likeness (QED) is 0.776. The van der Waals surface area contributed by atoms with Crippen molar-refractivity contribution in [3.8, 4) is 0 Å². The Morgan fingerprint density at radius 2 is 1.82 bits per heavy atom. The van der Waals surface area contributed by atoms with E-state index in [0.29, 0.717) is 25.7 Å². The number of aliphatic carboxylic acids is 1. The molecule has 0 saturated heterocycles. The first-order valence-corrected chi connectivity index (χ1v) is 3.44. The van der Waals surface area contributed by atoms with Crippen LogP contribution in [-0.2, 0) is 30.0 Å². The van der Waals surface area contributed by atoms with Crippen molar-refractivity contribution in [2.45, 2.75) is 25.7 Å². The maximum Gasteiger partial charge on any atom is 0.306 e. The van der Waals surface area contributed by atoms with Crippen LogP contribution in [0.1, 0.15) is 25.7 Å². The molecule has 4 heteroatoms. The average molecular weight is 328 g/mol. The minimum absolute atomic E-state index is 0. The summed E-state index contributed by atoms with van der Waals surface area (Å²) in [6.07, 6.45) is 1.98. The molecule has 1 rings (SSSR count). The fraction of sp³-hybridized carbons (Fsp3) is 0.714. The topological polar surface area (TPSA) is 54.4 Å². The third-order valence-corrected chi connectivity index (χ3v) is 1.89. The summed E-state index contributed by atoms with van der Waals surface area (Å²) in [6, 6.07) is 0. The number of hydrogen-bond donors (Lipinski definition) is 1. The van der Waals surface area contributed by atoms with E-state index in [-0.39, 0.29) is 32.1 Å². The van der Waals surface area contributed by atoms with Crippen molar-refractivity contribution in [1.82, 2.24) is 0 Å². The first-order chi connectivity index (χ1) is 4.70. The third kappa shape index (κ3) is 3.13. The minimum Gasteiger partial charge on any atom is -0.481 e. The van der Waals surface area contributed by atoms with Crippen molar-refractivity contribution in [1.29, 1.82) is 0 Å². The fourth-order valence-electron chi connectivity index (χ4n) is 1.19. The van der Waals surface area contributed by atoms with Gasteiger partial charge in [-0.05, 0) is 12.8 Å². The molecule has 3 nitrogen and oxygen atoms in total. The average Bonchev–Trinajstić information content (AvgIpc) is 1.88. The molecule has 0 aliphatic heterocycles. The molecule has 1 radical (unpaired) electrons. The zero-order chi connectivity index (χ0) is 7.56. The molecule has 1 aliphatic rings. The van der Waals surface area contributed by atoms with Gasteiger partial charge in [-0.2, -0.15) is 0 Å². The van der Waals surface area contributed by atoms with Crippen LogP contribution in [0.15, 0.2) is 0 Å². The Hall–Kier alpha value is -0.198. The molecule has 0 bridgehead atoms. The molecule has 1 N–H and O–H groups in total. The number of Topliss-reactive ketones (excluding diaryl/α,β-unsaturated/α-hetero) is 1. The molecule has 11 heavy (non-hydrogen) atoms. The molecular weight excluding hydrogens is 318 g/mol. The molecule has 0 spiro atoms. The summed E-state index contributed by atoms with van der Waals surface area (Å²) in [5, 5.41) is 8.51. The SMILES string of the molecule is O=C1CCC(C(=O)O)CC1.[Re]. The van der Waals surface area contributed by atoms with Crippen molar-refractivity contribution in [3.05, 3.63) is 0 Å². The molecule has 0 aromatic carbocycles. The van der Waals surface area contributed by atoms with E-state index < -0.39 is 5.97 Å². The minimum atomic E-state index is -0.757. The van der Waals surface area contributed by atoms with E-state index in [1.807, 2.05) is 0 Å². The smallest absolute Gasteiger partial charge is 0.306 e. The second-order valence-corrected chi connectivity index (χ2v) is 2.65. The summed E-state index contributed by atoms with van der Waals surface area (Å²) in [5.74, 6) is -0.817. The van der Waals surface area contributed by atoms with E-state index in [4.69, 9.17) is 5.11 Å². The number of carbonyl (C=O) groups is 2. The predicted octanol–water partition coefficient (Wildman–Crippen LogP) is 0.828. The van der Waals surface area contributed by atoms with E-state index in [9.17, 15) is 9.59 Å². The van der Waals surface area contributed by atoms with Gasteiger partial charge in [0.15, 0.2) is 0 Å². The van der Waals surface area contributed by atoms with Gasteiger partial charge in [0, 0.05) is 33.3 Å². The molecule has 0 aromatic rings. The number of carboxylic acid groups (broad SMARTS) is 1. The van der Waals surface area contributed by atoms with Crippen LogP contribution in [0.4, 0.5) is 0 Å². The van der Waals surface area contributed by atoms with E-state index in [2.05, 4.69) is 0 Å². The van der Waals surface area contributed by atoms with Gasteiger partial charge < -0.3 is 5.11 Å². The van der Waals surface area contributed by atoms with Gasteiger partial charge in [0.05, 0.1) is 5.92 Å². The van der Waals surface area contributed by atoms with Gasteiger partial charge in [0.2, 0.25) is 0 Å². The van der Waals surface area contributed by atoms with Crippen molar-refractivity contribution in [2.75, 3.05) is 0 Å². The molecule has 0 unspecified atom stereocenters. The van der Waals surface area contributed by atoms with Gasteiger partial charge in [0.1, 0.15) is 5.78 Å². The third-order valence-electron chi connectivity index (χ3n) is 1.89. The van der Waals surface area contributed by atoms with Crippen LogP contribution in [0.5, 0.6) is 0 Å². The Kier molecular flexibility index (Phi) is 4.55. The van der Waals surface area contributed by atoms with Crippen LogP contribution in [0, 0.1) is 5.92 Å². The van der Waals surface area contributed by atoms with Crippen LogP contribution >= 0.6 is 0 Å². The van der Waals surface area contributed by atoms with Crippen LogP contribution in [0.2, 0.25) is 0 Å². The van der Waals surface area contributed by atoms with Crippen LogP contribution in [0.3, 0.4) is 0 Å². The van der Waals surface area contributed by atoms with Crippen molar-refractivity contribution in [3.63, 3.8) is 0 Å². The first-order valence-electron chi connectivity index (χ1n) is 3.44. The fourth-order valence-corrected chi connectivity index (χ4v) is 1.19. The predicted molar refractivity (Wildman–Crippen MR) is 34.6 cm³/mol. The van der Waals surface area contributed by atoms with Crippen LogP contribution < -0.4 is 0 Å². The molecular formula is C7H10O3Re. The summed E-state index contributed by atoms with van der Waals surface area (Å²) in [7, 11) is 0. The Labute approximate surface area is 78.8 Å². The van der Waals surface area contributed by atoms with E-state index in [0.717, 1.165) is 0 Å². The summed E-state index contributed by atoms with van der Waals surface area (Å²) >= 11 is 0. The number of rotatable bonds is 1. The normalized spacial score (nSPS) is 19.1. The van der Waals surface area contributed by atoms with E-state index in [1.54, 1.807) is 0 Å². The number of hydrogen-bond acceptors (Lipinski definition) is 2. The molecule has 1 saturated carbocycles. The van der Waals surface area contributed by atoms with Gasteiger partial charge in [0.25, 0.3) is 0 Å². The molecule has 0 amide bonds. The molecule has 0 heterocycles.